The van der Waals surface area contributed by atoms with Crippen LogP contribution in [0.25, 0.3) is 0 Å². The van der Waals surface area contributed by atoms with E-state index in [-0.39, 0.29) is 5.82 Å². The van der Waals surface area contributed by atoms with Crippen LogP contribution in [0, 0.1) is 12.7 Å². The Morgan fingerprint density at radius 3 is 2.41 bits per heavy atom. The summed E-state index contributed by atoms with van der Waals surface area (Å²) >= 11 is 0. The Morgan fingerprint density at radius 2 is 1.76 bits per heavy atom. The number of hydrogen-bond donors (Lipinski definition) is 1. The molecule has 2 rings (SSSR count). The summed E-state index contributed by atoms with van der Waals surface area (Å²) in [4.78, 5) is 1.82. The molecule has 0 aliphatic carbocycles. The zero-order valence-electron chi connectivity index (χ0n) is 9.94. The molecular formula is C14H15FN2. The van der Waals surface area contributed by atoms with Crippen LogP contribution in [-0.4, -0.2) is 7.05 Å². The number of benzene rings is 2. The molecule has 0 saturated carbocycles. The van der Waals surface area contributed by atoms with E-state index in [4.69, 9.17) is 5.73 Å². The van der Waals surface area contributed by atoms with Gasteiger partial charge in [0, 0.05) is 18.4 Å². The number of aryl methyl sites for hydroxylation is 1. The Labute approximate surface area is 100 Å². The number of anilines is 3. The molecule has 0 amide bonds. The highest BCUT2D eigenvalue weighted by Crippen LogP contribution is 2.29. The third kappa shape index (κ3) is 2.23. The molecule has 0 fully saturated rings. The van der Waals surface area contributed by atoms with Gasteiger partial charge in [0.15, 0.2) is 0 Å². The normalized spacial score (nSPS) is 10.3. The van der Waals surface area contributed by atoms with Crippen molar-refractivity contribution in [3.63, 3.8) is 0 Å². The van der Waals surface area contributed by atoms with Gasteiger partial charge in [0.05, 0.1) is 5.69 Å². The summed E-state index contributed by atoms with van der Waals surface area (Å²) in [6, 6.07) is 12.6. The van der Waals surface area contributed by atoms with Crippen molar-refractivity contribution in [1.29, 1.82) is 0 Å². The Balaban J connectivity index is 2.44. The first-order valence-electron chi connectivity index (χ1n) is 5.44. The van der Waals surface area contributed by atoms with Crippen molar-refractivity contribution < 1.29 is 4.39 Å². The van der Waals surface area contributed by atoms with Gasteiger partial charge in [-0.3, -0.25) is 0 Å². The second kappa shape index (κ2) is 4.45. The van der Waals surface area contributed by atoms with Gasteiger partial charge in [0.25, 0.3) is 0 Å². The Kier molecular flexibility index (Phi) is 3.00. The first-order valence-corrected chi connectivity index (χ1v) is 5.44. The van der Waals surface area contributed by atoms with Gasteiger partial charge in [-0.1, -0.05) is 18.2 Å². The molecule has 0 unspecified atom stereocenters. The smallest absolute Gasteiger partial charge is 0.148 e. The fraction of sp³-hybridized carbons (Fsp3) is 0.143. The molecular weight excluding hydrogens is 215 g/mol. The largest absolute Gasteiger partial charge is 0.399 e. The van der Waals surface area contributed by atoms with Gasteiger partial charge < -0.3 is 10.6 Å². The van der Waals surface area contributed by atoms with Crippen LogP contribution in [0.3, 0.4) is 0 Å². The Bertz CT molecular complexity index is 537. The molecule has 0 heterocycles. The highest BCUT2D eigenvalue weighted by atomic mass is 19.1. The first kappa shape index (κ1) is 11.5. The van der Waals surface area contributed by atoms with Crippen LogP contribution in [0.1, 0.15) is 5.56 Å². The van der Waals surface area contributed by atoms with E-state index in [0.717, 1.165) is 11.3 Å². The van der Waals surface area contributed by atoms with Crippen LogP contribution >= 0.6 is 0 Å². The van der Waals surface area contributed by atoms with Gasteiger partial charge in [-0.25, -0.2) is 4.39 Å². The molecule has 17 heavy (non-hydrogen) atoms. The lowest BCUT2D eigenvalue weighted by Gasteiger charge is -2.22. The summed E-state index contributed by atoms with van der Waals surface area (Å²) < 4.78 is 13.8. The molecule has 0 bridgehead atoms. The average molecular weight is 230 g/mol. The van der Waals surface area contributed by atoms with Crippen molar-refractivity contribution in [2.24, 2.45) is 0 Å². The van der Waals surface area contributed by atoms with E-state index in [2.05, 4.69) is 0 Å². The summed E-state index contributed by atoms with van der Waals surface area (Å²) in [6.45, 7) is 2.00. The van der Waals surface area contributed by atoms with E-state index >= 15 is 0 Å². The number of hydrogen-bond acceptors (Lipinski definition) is 2. The van der Waals surface area contributed by atoms with Crippen molar-refractivity contribution in [1.82, 2.24) is 0 Å². The van der Waals surface area contributed by atoms with E-state index in [0.29, 0.717) is 11.4 Å². The standard InChI is InChI=1S/C14H15FN2/c1-10-5-3-4-6-13(10)17(2)14-8-7-11(16)9-12(14)15/h3-9H,16H2,1-2H3. The molecule has 88 valence electrons. The lowest BCUT2D eigenvalue weighted by molar-refractivity contribution is 0.628. The molecule has 2 nitrogen and oxygen atoms in total. The predicted octanol–water partition coefficient (Wildman–Crippen LogP) is 3.48. The van der Waals surface area contributed by atoms with Crippen LogP contribution < -0.4 is 10.6 Å². The van der Waals surface area contributed by atoms with Crippen LogP contribution in [0.5, 0.6) is 0 Å². The number of rotatable bonds is 2. The van der Waals surface area contributed by atoms with Gasteiger partial charge in [-0.2, -0.15) is 0 Å². The van der Waals surface area contributed by atoms with Crippen LogP contribution in [0.15, 0.2) is 42.5 Å². The number of nitrogen functional groups attached to an aromatic ring is 1. The number of nitrogens with zero attached hydrogens (tertiary/aromatic N) is 1. The second-order valence-electron chi connectivity index (χ2n) is 4.06. The number of nitrogens with two attached hydrogens (primary N) is 1. The monoisotopic (exact) mass is 230 g/mol. The predicted molar refractivity (Wildman–Crippen MR) is 70.1 cm³/mol. The van der Waals surface area contributed by atoms with Crippen molar-refractivity contribution in [3.05, 3.63) is 53.8 Å². The van der Waals surface area contributed by atoms with Gasteiger partial charge in [0.1, 0.15) is 5.82 Å². The fourth-order valence-corrected chi connectivity index (χ4v) is 1.86. The summed E-state index contributed by atoms with van der Waals surface area (Å²) in [5.74, 6) is -0.309. The molecule has 0 aliphatic rings. The van der Waals surface area contributed by atoms with E-state index in [9.17, 15) is 4.39 Å². The SMILES string of the molecule is Cc1ccccc1N(C)c1ccc(N)cc1F. The topological polar surface area (TPSA) is 29.3 Å². The van der Waals surface area contributed by atoms with Gasteiger partial charge >= 0.3 is 0 Å². The van der Waals surface area contributed by atoms with Crippen LogP contribution in [0.2, 0.25) is 0 Å². The first-order chi connectivity index (χ1) is 8.09. The average Bonchev–Trinajstić information content (AvgIpc) is 2.29. The summed E-state index contributed by atoms with van der Waals surface area (Å²) in [5, 5.41) is 0. The Morgan fingerprint density at radius 1 is 1.06 bits per heavy atom. The molecule has 0 atom stereocenters. The maximum atomic E-state index is 13.8. The minimum absolute atomic E-state index is 0.309. The minimum atomic E-state index is -0.309. The van der Waals surface area contributed by atoms with Crippen molar-refractivity contribution in [2.75, 3.05) is 17.7 Å². The van der Waals surface area contributed by atoms with Crippen LogP contribution in [0.4, 0.5) is 21.5 Å². The summed E-state index contributed by atoms with van der Waals surface area (Å²) in [7, 11) is 1.84. The molecule has 0 saturated heterocycles. The molecule has 0 aliphatic heterocycles. The molecule has 2 aromatic carbocycles. The molecule has 0 radical (unpaired) electrons. The highest BCUT2D eigenvalue weighted by molar-refractivity contribution is 5.67. The summed E-state index contributed by atoms with van der Waals surface area (Å²) in [5.41, 5.74) is 8.58. The van der Waals surface area contributed by atoms with Crippen molar-refractivity contribution in [3.8, 4) is 0 Å². The lowest BCUT2D eigenvalue weighted by atomic mass is 10.1. The third-order valence-electron chi connectivity index (χ3n) is 2.81. The molecule has 0 spiro atoms. The molecule has 3 heteroatoms. The number of para-hydroxylation sites is 1. The van der Waals surface area contributed by atoms with Gasteiger partial charge in [0.2, 0.25) is 0 Å². The lowest BCUT2D eigenvalue weighted by Crippen LogP contribution is -2.12. The van der Waals surface area contributed by atoms with E-state index in [1.807, 2.05) is 43.1 Å². The Hall–Kier alpha value is -2.03. The fourth-order valence-electron chi connectivity index (χ4n) is 1.86. The minimum Gasteiger partial charge on any atom is -0.399 e. The van der Waals surface area contributed by atoms with Crippen molar-refractivity contribution >= 4 is 17.1 Å². The van der Waals surface area contributed by atoms with E-state index < -0.39 is 0 Å². The maximum absolute atomic E-state index is 13.8. The van der Waals surface area contributed by atoms with E-state index in [1.165, 1.54) is 6.07 Å². The quantitative estimate of drug-likeness (QED) is 0.800. The molecule has 0 aromatic heterocycles. The highest BCUT2D eigenvalue weighted by Gasteiger charge is 2.10. The third-order valence-corrected chi connectivity index (χ3v) is 2.81. The number of halogens is 1. The zero-order chi connectivity index (χ0) is 12.4. The molecule has 2 N–H and O–H groups in total. The van der Waals surface area contributed by atoms with Gasteiger partial charge in [-0.15, -0.1) is 0 Å². The van der Waals surface area contributed by atoms with E-state index in [1.54, 1.807) is 12.1 Å². The van der Waals surface area contributed by atoms with Gasteiger partial charge in [-0.05, 0) is 36.8 Å². The van der Waals surface area contributed by atoms with Crippen molar-refractivity contribution in [2.45, 2.75) is 6.92 Å². The second-order valence-corrected chi connectivity index (χ2v) is 4.06. The summed E-state index contributed by atoms with van der Waals surface area (Å²) in [6.07, 6.45) is 0. The zero-order valence-corrected chi connectivity index (χ0v) is 9.94. The van der Waals surface area contributed by atoms with Crippen LogP contribution in [-0.2, 0) is 0 Å². The maximum Gasteiger partial charge on any atom is 0.148 e. The molecule has 2 aromatic rings.